The number of nitrogens with zero attached hydrogens (tertiary/aromatic N) is 2. The second-order valence-electron chi connectivity index (χ2n) is 4.61. The molecule has 118 valence electrons. The number of hydrogen-bond acceptors (Lipinski definition) is 8. The van der Waals surface area contributed by atoms with Crippen molar-refractivity contribution in [2.24, 2.45) is 0 Å². The number of nitrogen functional groups attached to an aromatic ring is 1. The second-order valence-corrected chi connectivity index (χ2v) is 4.61. The van der Waals surface area contributed by atoms with Gasteiger partial charge in [-0.1, -0.05) is 0 Å². The van der Waals surface area contributed by atoms with Gasteiger partial charge in [0.25, 0.3) is 0 Å². The van der Waals surface area contributed by atoms with E-state index < -0.39 is 30.2 Å². The molecule has 0 bridgehead atoms. The summed E-state index contributed by atoms with van der Waals surface area (Å²) >= 11 is 0. The maximum absolute atomic E-state index is 11.9. The van der Waals surface area contributed by atoms with Gasteiger partial charge in [0, 0.05) is 13.3 Å². The minimum absolute atomic E-state index is 0.0883. The quantitative estimate of drug-likeness (QED) is 0.520. The maximum Gasteiger partial charge on any atom is 0.351 e. The van der Waals surface area contributed by atoms with Crippen molar-refractivity contribution in [1.82, 2.24) is 9.55 Å². The van der Waals surface area contributed by atoms with Crippen molar-refractivity contribution in [3.05, 3.63) is 22.7 Å². The van der Waals surface area contributed by atoms with E-state index in [9.17, 15) is 15.0 Å². The predicted octanol–water partition coefficient (Wildman–Crippen LogP) is -1.89. The third-order valence-corrected chi connectivity index (χ3v) is 3.22. The minimum atomic E-state index is -1.07. The molecule has 0 saturated carbocycles. The van der Waals surface area contributed by atoms with E-state index in [-0.39, 0.29) is 19.0 Å². The van der Waals surface area contributed by atoms with Crippen molar-refractivity contribution in [2.45, 2.75) is 24.5 Å². The number of ether oxygens (including phenoxy) is 3. The Morgan fingerprint density at radius 1 is 1.52 bits per heavy atom. The first-order valence-corrected chi connectivity index (χ1v) is 6.48. The van der Waals surface area contributed by atoms with Crippen LogP contribution >= 0.6 is 0 Å². The molecule has 0 amide bonds. The summed E-state index contributed by atoms with van der Waals surface area (Å²) in [7, 11) is 1.52. The van der Waals surface area contributed by atoms with Gasteiger partial charge in [-0.15, -0.1) is 0 Å². The number of aliphatic hydroxyl groups is 2. The van der Waals surface area contributed by atoms with Crippen LogP contribution in [0.4, 0.5) is 5.82 Å². The van der Waals surface area contributed by atoms with E-state index in [0.717, 1.165) is 0 Å². The van der Waals surface area contributed by atoms with Crippen LogP contribution in [0.1, 0.15) is 6.23 Å². The van der Waals surface area contributed by atoms with Crippen molar-refractivity contribution < 1.29 is 24.4 Å². The highest BCUT2D eigenvalue weighted by Crippen LogP contribution is 2.30. The van der Waals surface area contributed by atoms with Gasteiger partial charge in [-0.3, -0.25) is 4.57 Å². The van der Waals surface area contributed by atoms with Gasteiger partial charge in [-0.05, 0) is 6.07 Å². The largest absolute Gasteiger partial charge is 0.394 e. The summed E-state index contributed by atoms with van der Waals surface area (Å²) in [5, 5.41) is 19.3. The molecular formula is C12H19N3O6. The van der Waals surface area contributed by atoms with E-state index in [1.165, 1.54) is 23.9 Å². The molecule has 4 N–H and O–H groups in total. The molecule has 0 aliphatic carbocycles. The average Bonchev–Trinajstić information content (AvgIpc) is 2.76. The number of anilines is 1. The first-order chi connectivity index (χ1) is 10.1. The summed E-state index contributed by atoms with van der Waals surface area (Å²) in [5.41, 5.74) is 4.82. The Morgan fingerprint density at radius 3 is 2.90 bits per heavy atom. The number of aromatic nitrogens is 2. The number of nitrogens with two attached hydrogens (primary N) is 1. The highest BCUT2D eigenvalue weighted by atomic mass is 16.6. The van der Waals surface area contributed by atoms with Crippen molar-refractivity contribution in [2.75, 3.05) is 32.7 Å². The minimum Gasteiger partial charge on any atom is -0.394 e. The molecule has 0 radical (unpaired) electrons. The van der Waals surface area contributed by atoms with Gasteiger partial charge >= 0.3 is 5.69 Å². The molecule has 1 aromatic rings. The van der Waals surface area contributed by atoms with Crippen LogP contribution in [0.5, 0.6) is 0 Å². The van der Waals surface area contributed by atoms with Crippen LogP contribution in [0.3, 0.4) is 0 Å². The van der Waals surface area contributed by atoms with Gasteiger partial charge in [0.05, 0.1) is 19.8 Å². The Morgan fingerprint density at radius 2 is 2.29 bits per heavy atom. The smallest absolute Gasteiger partial charge is 0.351 e. The predicted molar refractivity (Wildman–Crippen MR) is 71.5 cm³/mol. The standard InChI is InChI=1S/C12H19N3O6/c1-19-4-5-20-10-9(17)7(6-16)21-11(10)15-3-2-8(13)14-12(15)18/h2-3,7,9-11,16-17H,4-6H2,1H3,(H2,13,14,18)/t7-,9-,10+,11+/m1/s1. The van der Waals surface area contributed by atoms with Crippen LogP contribution in [0, 0.1) is 0 Å². The Kier molecular flexibility index (Phi) is 5.26. The number of hydrogen-bond donors (Lipinski definition) is 3. The zero-order valence-corrected chi connectivity index (χ0v) is 11.6. The molecule has 9 heteroatoms. The number of rotatable bonds is 6. The van der Waals surface area contributed by atoms with Crippen molar-refractivity contribution in [3.8, 4) is 0 Å². The van der Waals surface area contributed by atoms with Crippen LogP contribution in [-0.2, 0) is 14.2 Å². The lowest BCUT2D eigenvalue weighted by Crippen LogP contribution is -2.38. The molecule has 4 atom stereocenters. The molecule has 2 rings (SSSR count). The van der Waals surface area contributed by atoms with Crippen LogP contribution < -0.4 is 11.4 Å². The summed E-state index contributed by atoms with van der Waals surface area (Å²) in [6.07, 6.45) is -2.21. The number of methoxy groups -OCH3 is 1. The molecule has 1 fully saturated rings. The molecule has 9 nitrogen and oxygen atoms in total. The lowest BCUT2D eigenvalue weighted by Gasteiger charge is -2.22. The van der Waals surface area contributed by atoms with Gasteiger partial charge in [0.2, 0.25) is 0 Å². The molecule has 0 spiro atoms. The first-order valence-electron chi connectivity index (χ1n) is 6.48. The van der Waals surface area contributed by atoms with E-state index in [2.05, 4.69) is 4.98 Å². The van der Waals surface area contributed by atoms with Crippen molar-refractivity contribution >= 4 is 5.82 Å². The summed E-state index contributed by atoms with van der Waals surface area (Å²) in [4.78, 5) is 15.5. The van der Waals surface area contributed by atoms with E-state index in [1.807, 2.05) is 0 Å². The monoisotopic (exact) mass is 301 g/mol. The zero-order valence-electron chi connectivity index (χ0n) is 11.6. The van der Waals surface area contributed by atoms with E-state index >= 15 is 0 Å². The molecule has 0 unspecified atom stereocenters. The fraction of sp³-hybridized carbons (Fsp3) is 0.667. The van der Waals surface area contributed by atoms with E-state index in [1.54, 1.807) is 0 Å². The van der Waals surface area contributed by atoms with E-state index in [0.29, 0.717) is 6.61 Å². The number of aliphatic hydroxyl groups excluding tert-OH is 2. The van der Waals surface area contributed by atoms with Crippen molar-refractivity contribution in [3.63, 3.8) is 0 Å². The molecular weight excluding hydrogens is 282 g/mol. The van der Waals surface area contributed by atoms with Gasteiger partial charge < -0.3 is 30.2 Å². The van der Waals surface area contributed by atoms with Gasteiger partial charge in [-0.2, -0.15) is 4.98 Å². The van der Waals surface area contributed by atoms with Crippen LogP contribution in [0.15, 0.2) is 17.1 Å². The fourth-order valence-corrected chi connectivity index (χ4v) is 2.16. The third kappa shape index (κ3) is 3.39. The lowest BCUT2D eigenvalue weighted by atomic mass is 10.1. The van der Waals surface area contributed by atoms with Crippen LogP contribution in [-0.4, -0.2) is 65.0 Å². The molecule has 0 aromatic carbocycles. The highest BCUT2D eigenvalue weighted by molar-refractivity contribution is 5.23. The maximum atomic E-state index is 11.9. The Hall–Kier alpha value is -1.52. The molecule has 2 heterocycles. The van der Waals surface area contributed by atoms with Gasteiger partial charge in [-0.25, -0.2) is 4.79 Å². The fourth-order valence-electron chi connectivity index (χ4n) is 2.16. The Balaban J connectivity index is 2.23. The molecule has 1 aromatic heterocycles. The lowest BCUT2D eigenvalue weighted by molar-refractivity contribution is -0.0818. The van der Waals surface area contributed by atoms with Gasteiger partial charge in [0.15, 0.2) is 6.23 Å². The normalized spacial score (nSPS) is 28.9. The topological polar surface area (TPSA) is 129 Å². The Bertz CT molecular complexity index is 522. The third-order valence-electron chi connectivity index (χ3n) is 3.22. The molecule has 1 aliphatic rings. The SMILES string of the molecule is COCCO[C@H]1[C@H](O)[C@@H](CO)O[C@@H]1n1ccc(N)nc1=O. The molecule has 1 aliphatic heterocycles. The highest BCUT2D eigenvalue weighted by Gasteiger charge is 2.45. The van der Waals surface area contributed by atoms with Gasteiger partial charge in [0.1, 0.15) is 24.1 Å². The average molecular weight is 301 g/mol. The van der Waals surface area contributed by atoms with Crippen molar-refractivity contribution in [1.29, 1.82) is 0 Å². The summed E-state index contributed by atoms with van der Waals surface area (Å²) in [6, 6.07) is 1.44. The first kappa shape index (κ1) is 15.9. The molecule has 1 saturated heterocycles. The molecule has 21 heavy (non-hydrogen) atoms. The Labute approximate surface area is 120 Å². The second kappa shape index (κ2) is 6.96. The van der Waals surface area contributed by atoms with E-state index in [4.69, 9.17) is 19.9 Å². The van der Waals surface area contributed by atoms with Crippen LogP contribution in [0.2, 0.25) is 0 Å². The zero-order chi connectivity index (χ0) is 15.4. The van der Waals surface area contributed by atoms with Crippen LogP contribution in [0.25, 0.3) is 0 Å². The summed E-state index contributed by atoms with van der Waals surface area (Å²) in [5.74, 6) is 0.0883. The summed E-state index contributed by atoms with van der Waals surface area (Å²) in [6.45, 7) is 0.154. The summed E-state index contributed by atoms with van der Waals surface area (Å²) < 4.78 is 17.0.